The largest absolute Gasteiger partial charge is 0.309 e. The Kier molecular flexibility index (Phi) is 5.31. The molecule has 6 aromatic carbocycles. The number of hydrogen-bond donors (Lipinski definition) is 0. The number of hydrogen-bond acceptors (Lipinski definition) is 2. The molecular weight excluding hydrogens is 573 g/mol. The summed E-state index contributed by atoms with van der Waals surface area (Å²) in [6.45, 7) is 4.60. The highest BCUT2D eigenvalue weighted by molar-refractivity contribution is 6.19. The smallest absolute Gasteiger partial charge is 0.235 e. The summed E-state index contributed by atoms with van der Waals surface area (Å²) in [5.41, 5.74) is 12.2. The molecule has 0 saturated carbocycles. The molecular formula is C43H30N4. The van der Waals surface area contributed by atoms with Crippen LogP contribution in [0, 0.1) is 0 Å². The fourth-order valence-electron chi connectivity index (χ4n) is 8.01. The molecule has 0 saturated heterocycles. The molecule has 3 aromatic heterocycles. The first-order valence-corrected chi connectivity index (χ1v) is 16.2. The van der Waals surface area contributed by atoms with E-state index in [0.717, 1.165) is 33.7 Å². The van der Waals surface area contributed by atoms with Crippen LogP contribution < -0.4 is 0 Å². The Labute approximate surface area is 272 Å². The number of fused-ring (bicyclic) bond motifs is 9. The van der Waals surface area contributed by atoms with Crippen LogP contribution in [-0.4, -0.2) is 19.1 Å². The summed E-state index contributed by atoms with van der Waals surface area (Å²) in [4.78, 5) is 10.9. The lowest BCUT2D eigenvalue weighted by Crippen LogP contribution is -2.18. The van der Waals surface area contributed by atoms with E-state index in [1.165, 1.54) is 49.3 Å². The zero-order valence-electron chi connectivity index (χ0n) is 26.1. The van der Waals surface area contributed by atoms with Crippen LogP contribution in [0.1, 0.15) is 25.0 Å². The van der Waals surface area contributed by atoms with Crippen LogP contribution in [0.15, 0.2) is 146 Å². The molecule has 1 aliphatic carbocycles. The van der Waals surface area contributed by atoms with Crippen LogP contribution in [0.25, 0.3) is 77.8 Å². The highest BCUT2D eigenvalue weighted by Crippen LogP contribution is 2.51. The van der Waals surface area contributed by atoms with Gasteiger partial charge < -0.3 is 4.57 Å². The van der Waals surface area contributed by atoms with E-state index in [2.05, 4.69) is 169 Å². The van der Waals surface area contributed by atoms with E-state index in [1.807, 2.05) is 0 Å². The third-order valence-corrected chi connectivity index (χ3v) is 10.1. The van der Waals surface area contributed by atoms with E-state index in [-0.39, 0.29) is 5.41 Å². The standard InChI is InChI=1S/C43H30N4/c1-43(2)34-22-12-9-21-31(34)41-39(43)40(27-15-5-3-6-16-27)44-42(45-41)47-36-24-14-11-20-30(36)33-25-37-32(26-38(33)47)29-19-10-13-23-35(29)46(37)28-17-7-4-8-18-28/h3-26H,1-2H3. The maximum absolute atomic E-state index is 5.48. The van der Waals surface area contributed by atoms with Gasteiger partial charge in [-0.25, -0.2) is 9.97 Å². The summed E-state index contributed by atoms with van der Waals surface area (Å²) in [6.07, 6.45) is 0. The Morgan fingerprint density at radius 2 is 1.00 bits per heavy atom. The highest BCUT2D eigenvalue weighted by Gasteiger charge is 2.40. The number of para-hydroxylation sites is 3. The van der Waals surface area contributed by atoms with Crippen LogP contribution in [0.3, 0.4) is 0 Å². The second kappa shape index (κ2) is 9.51. The predicted octanol–water partition coefficient (Wildman–Crippen LogP) is 10.6. The lowest BCUT2D eigenvalue weighted by molar-refractivity contribution is 0.657. The van der Waals surface area contributed by atoms with Crippen molar-refractivity contribution >= 4 is 43.6 Å². The van der Waals surface area contributed by atoms with Crippen molar-refractivity contribution < 1.29 is 0 Å². The van der Waals surface area contributed by atoms with Crippen LogP contribution in [0.5, 0.6) is 0 Å². The van der Waals surface area contributed by atoms with Crippen molar-refractivity contribution in [2.75, 3.05) is 0 Å². The predicted molar refractivity (Wildman–Crippen MR) is 194 cm³/mol. The molecule has 0 amide bonds. The Morgan fingerprint density at radius 3 is 1.70 bits per heavy atom. The normalized spacial score (nSPS) is 13.5. The Bertz CT molecular complexity index is 2700. The molecule has 1 aliphatic rings. The van der Waals surface area contributed by atoms with Crippen molar-refractivity contribution in [1.82, 2.24) is 19.1 Å². The molecule has 222 valence electrons. The number of aromatic nitrogens is 4. The van der Waals surface area contributed by atoms with Crippen molar-refractivity contribution in [1.29, 1.82) is 0 Å². The molecule has 0 aliphatic heterocycles. The van der Waals surface area contributed by atoms with Gasteiger partial charge in [0, 0.05) is 49.3 Å². The van der Waals surface area contributed by atoms with Gasteiger partial charge in [0.05, 0.1) is 33.5 Å². The third-order valence-electron chi connectivity index (χ3n) is 10.1. The summed E-state index contributed by atoms with van der Waals surface area (Å²) in [5, 5.41) is 4.79. The lowest BCUT2D eigenvalue weighted by atomic mass is 9.81. The molecule has 0 spiro atoms. The molecule has 47 heavy (non-hydrogen) atoms. The van der Waals surface area contributed by atoms with Crippen LogP contribution in [0.2, 0.25) is 0 Å². The minimum absolute atomic E-state index is 0.234. The highest BCUT2D eigenvalue weighted by atomic mass is 15.2. The molecule has 0 unspecified atom stereocenters. The fourth-order valence-corrected chi connectivity index (χ4v) is 8.01. The van der Waals surface area contributed by atoms with E-state index in [4.69, 9.17) is 9.97 Å². The molecule has 4 nitrogen and oxygen atoms in total. The van der Waals surface area contributed by atoms with Crippen molar-refractivity contribution in [3.05, 3.63) is 157 Å². The average Bonchev–Trinajstić information content (AvgIpc) is 3.71. The van der Waals surface area contributed by atoms with Gasteiger partial charge in [0.2, 0.25) is 5.95 Å². The average molecular weight is 603 g/mol. The van der Waals surface area contributed by atoms with Gasteiger partial charge in [0.1, 0.15) is 0 Å². The van der Waals surface area contributed by atoms with E-state index in [1.54, 1.807) is 0 Å². The molecule has 0 fully saturated rings. The quantitative estimate of drug-likeness (QED) is 0.202. The van der Waals surface area contributed by atoms with Crippen molar-refractivity contribution in [2.24, 2.45) is 0 Å². The maximum Gasteiger partial charge on any atom is 0.235 e. The minimum atomic E-state index is -0.234. The summed E-state index contributed by atoms with van der Waals surface area (Å²) in [7, 11) is 0. The van der Waals surface area contributed by atoms with Gasteiger partial charge in [-0.3, -0.25) is 4.57 Å². The van der Waals surface area contributed by atoms with Gasteiger partial charge in [-0.1, -0.05) is 123 Å². The first kappa shape index (κ1) is 26.2. The van der Waals surface area contributed by atoms with Crippen LogP contribution in [-0.2, 0) is 5.41 Å². The van der Waals surface area contributed by atoms with Crippen molar-refractivity contribution in [2.45, 2.75) is 19.3 Å². The van der Waals surface area contributed by atoms with Gasteiger partial charge in [0.15, 0.2) is 0 Å². The molecule has 4 heteroatoms. The molecule has 3 heterocycles. The number of nitrogens with zero attached hydrogens (tertiary/aromatic N) is 4. The zero-order chi connectivity index (χ0) is 31.3. The summed E-state index contributed by atoms with van der Waals surface area (Å²) in [6, 6.07) is 52.0. The lowest BCUT2D eigenvalue weighted by Gasteiger charge is -2.24. The van der Waals surface area contributed by atoms with Crippen molar-refractivity contribution in [3.8, 4) is 34.2 Å². The monoisotopic (exact) mass is 602 g/mol. The van der Waals surface area contributed by atoms with Gasteiger partial charge in [-0.2, -0.15) is 0 Å². The van der Waals surface area contributed by atoms with Gasteiger partial charge in [-0.15, -0.1) is 0 Å². The summed E-state index contributed by atoms with van der Waals surface area (Å²) >= 11 is 0. The molecule has 0 bridgehead atoms. The Hall–Kier alpha value is -6.00. The van der Waals surface area contributed by atoms with Crippen molar-refractivity contribution in [3.63, 3.8) is 0 Å². The van der Waals surface area contributed by atoms with E-state index < -0.39 is 0 Å². The summed E-state index contributed by atoms with van der Waals surface area (Å²) < 4.78 is 4.66. The second-order valence-electron chi connectivity index (χ2n) is 13.1. The SMILES string of the molecule is CC1(C)c2ccccc2-c2nc(-n3c4ccccc4c4cc5c(cc43)c3ccccc3n5-c3ccccc3)nc(-c3ccccc3)c21. The fraction of sp³-hybridized carbons (Fsp3) is 0.0698. The van der Waals surface area contributed by atoms with E-state index in [0.29, 0.717) is 5.95 Å². The molecule has 0 N–H and O–H groups in total. The maximum atomic E-state index is 5.48. The molecule has 0 atom stereocenters. The number of rotatable bonds is 3. The van der Waals surface area contributed by atoms with E-state index >= 15 is 0 Å². The second-order valence-corrected chi connectivity index (χ2v) is 13.1. The van der Waals surface area contributed by atoms with Crippen LogP contribution >= 0.6 is 0 Å². The van der Waals surface area contributed by atoms with Crippen LogP contribution in [0.4, 0.5) is 0 Å². The minimum Gasteiger partial charge on any atom is -0.309 e. The van der Waals surface area contributed by atoms with Gasteiger partial charge >= 0.3 is 0 Å². The summed E-state index contributed by atoms with van der Waals surface area (Å²) in [5.74, 6) is 0.687. The zero-order valence-corrected chi connectivity index (χ0v) is 26.1. The van der Waals surface area contributed by atoms with Gasteiger partial charge in [-0.05, 0) is 42.0 Å². The molecule has 10 rings (SSSR count). The topological polar surface area (TPSA) is 35.6 Å². The Balaban J connectivity index is 1.35. The first-order valence-electron chi connectivity index (χ1n) is 16.2. The molecule has 0 radical (unpaired) electrons. The third kappa shape index (κ3) is 3.58. The Morgan fingerprint density at radius 1 is 0.468 bits per heavy atom. The number of benzene rings is 6. The first-order chi connectivity index (χ1) is 23.1. The van der Waals surface area contributed by atoms with E-state index in [9.17, 15) is 0 Å². The van der Waals surface area contributed by atoms with Gasteiger partial charge in [0.25, 0.3) is 0 Å². The molecule has 9 aromatic rings.